The van der Waals surface area contributed by atoms with Crippen LogP contribution >= 0.6 is 0 Å². The second-order valence-corrected chi connectivity index (χ2v) is 7.60. The number of nitrogens with zero attached hydrogens (tertiary/aromatic N) is 1. The zero-order chi connectivity index (χ0) is 18.6. The quantitative estimate of drug-likeness (QED) is 0.860. The molecule has 0 aromatic heterocycles. The van der Waals surface area contributed by atoms with Crippen LogP contribution in [0, 0.1) is 5.92 Å². The molecule has 2 aliphatic rings. The Morgan fingerprint density at radius 2 is 1.81 bits per heavy atom. The molecule has 1 saturated carbocycles. The molecule has 0 radical (unpaired) electrons. The smallest absolute Gasteiger partial charge is 0.230 e. The number of fused-ring (bicyclic) bond motifs is 1. The summed E-state index contributed by atoms with van der Waals surface area (Å²) in [4.78, 5) is 27.0. The number of amides is 2. The molecule has 0 saturated heterocycles. The minimum Gasteiger partial charge on any atom is -0.326 e. The van der Waals surface area contributed by atoms with E-state index >= 15 is 0 Å². The molecule has 27 heavy (non-hydrogen) atoms. The molecular formula is C23H26N2O2. The molecule has 1 aliphatic carbocycles. The standard InChI is InChI=1S/C23H26N2O2/c26-22(13-10-17-6-2-1-3-7-17)24-20-11-12-21-19(16-20)14-15-25(21)23(27)18-8-4-5-9-18/h1-3,6-7,11-12,16,18H,4-5,8-10,13-15H2,(H,24,26). The summed E-state index contributed by atoms with van der Waals surface area (Å²) in [5, 5.41) is 3.00. The Hall–Kier alpha value is -2.62. The Bertz CT molecular complexity index is 826. The van der Waals surface area contributed by atoms with E-state index in [2.05, 4.69) is 5.32 Å². The summed E-state index contributed by atoms with van der Waals surface area (Å²) in [5.41, 5.74) is 4.17. The highest BCUT2D eigenvalue weighted by Gasteiger charge is 2.31. The molecule has 0 unspecified atom stereocenters. The van der Waals surface area contributed by atoms with Crippen LogP contribution < -0.4 is 10.2 Å². The van der Waals surface area contributed by atoms with Gasteiger partial charge >= 0.3 is 0 Å². The summed E-state index contributed by atoms with van der Waals surface area (Å²) in [6.45, 7) is 0.760. The van der Waals surface area contributed by atoms with Gasteiger partial charge in [0, 0.05) is 30.3 Å². The maximum absolute atomic E-state index is 12.7. The summed E-state index contributed by atoms with van der Waals surface area (Å²) >= 11 is 0. The predicted molar refractivity (Wildman–Crippen MR) is 108 cm³/mol. The molecule has 1 N–H and O–H groups in total. The minimum absolute atomic E-state index is 0.0238. The van der Waals surface area contributed by atoms with Gasteiger partial charge in [-0.15, -0.1) is 0 Å². The van der Waals surface area contributed by atoms with E-state index in [1.807, 2.05) is 53.4 Å². The lowest BCUT2D eigenvalue weighted by atomic mass is 10.1. The van der Waals surface area contributed by atoms with Crippen LogP contribution in [-0.2, 0) is 22.4 Å². The molecule has 2 aromatic rings. The van der Waals surface area contributed by atoms with Crippen LogP contribution in [-0.4, -0.2) is 18.4 Å². The van der Waals surface area contributed by atoms with Crippen LogP contribution in [0.3, 0.4) is 0 Å². The fraction of sp³-hybridized carbons (Fsp3) is 0.391. The van der Waals surface area contributed by atoms with Crippen molar-refractivity contribution in [1.29, 1.82) is 0 Å². The fourth-order valence-corrected chi connectivity index (χ4v) is 4.23. The van der Waals surface area contributed by atoms with Gasteiger partial charge in [0.2, 0.25) is 11.8 Å². The zero-order valence-electron chi connectivity index (χ0n) is 15.6. The predicted octanol–water partition coefficient (Wildman–Crippen LogP) is 4.34. The molecule has 4 nitrogen and oxygen atoms in total. The van der Waals surface area contributed by atoms with Crippen molar-refractivity contribution in [3.05, 3.63) is 59.7 Å². The first-order valence-corrected chi connectivity index (χ1v) is 9.99. The highest BCUT2D eigenvalue weighted by Crippen LogP contribution is 2.34. The second kappa shape index (κ2) is 7.95. The number of benzene rings is 2. The van der Waals surface area contributed by atoms with Gasteiger partial charge < -0.3 is 10.2 Å². The van der Waals surface area contributed by atoms with Crippen molar-refractivity contribution in [1.82, 2.24) is 0 Å². The monoisotopic (exact) mass is 362 g/mol. The largest absolute Gasteiger partial charge is 0.326 e. The highest BCUT2D eigenvalue weighted by atomic mass is 16.2. The molecule has 4 rings (SSSR count). The van der Waals surface area contributed by atoms with E-state index in [9.17, 15) is 9.59 Å². The van der Waals surface area contributed by atoms with Gasteiger partial charge in [-0.2, -0.15) is 0 Å². The van der Waals surface area contributed by atoms with E-state index in [-0.39, 0.29) is 17.7 Å². The SMILES string of the molecule is O=C(CCc1ccccc1)Nc1ccc2c(c1)CCN2C(=O)C1CCCC1. The van der Waals surface area contributed by atoms with Crippen molar-refractivity contribution in [2.75, 3.05) is 16.8 Å². The van der Waals surface area contributed by atoms with Crippen molar-refractivity contribution in [3.63, 3.8) is 0 Å². The van der Waals surface area contributed by atoms with Crippen molar-refractivity contribution in [2.45, 2.75) is 44.9 Å². The zero-order valence-corrected chi connectivity index (χ0v) is 15.6. The molecule has 1 aliphatic heterocycles. The Kier molecular flexibility index (Phi) is 5.23. The third-order valence-electron chi connectivity index (χ3n) is 5.71. The van der Waals surface area contributed by atoms with Crippen LogP contribution in [0.2, 0.25) is 0 Å². The lowest BCUT2D eigenvalue weighted by Gasteiger charge is -2.21. The first-order chi connectivity index (χ1) is 13.2. The molecule has 0 spiro atoms. The summed E-state index contributed by atoms with van der Waals surface area (Å²) in [7, 11) is 0. The van der Waals surface area contributed by atoms with Gasteiger partial charge in [-0.3, -0.25) is 9.59 Å². The van der Waals surface area contributed by atoms with Crippen molar-refractivity contribution >= 4 is 23.2 Å². The van der Waals surface area contributed by atoms with Gasteiger partial charge in [-0.05, 0) is 55.0 Å². The lowest BCUT2D eigenvalue weighted by Crippen LogP contribution is -2.33. The van der Waals surface area contributed by atoms with E-state index in [1.54, 1.807) is 0 Å². The first-order valence-electron chi connectivity index (χ1n) is 9.99. The van der Waals surface area contributed by atoms with Gasteiger partial charge in [0.15, 0.2) is 0 Å². The molecule has 0 atom stereocenters. The third-order valence-corrected chi connectivity index (χ3v) is 5.71. The molecule has 4 heteroatoms. The number of aryl methyl sites for hydroxylation is 1. The van der Waals surface area contributed by atoms with Crippen LogP contribution in [0.15, 0.2) is 48.5 Å². The number of hydrogen-bond acceptors (Lipinski definition) is 2. The second-order valence-electron chi connectivity index (χ2n) is 7.60. The maximum Gasteiger partial charge on any atom is 0.230 e. The van der Waals surface area contributed by atoms with E-state index in [0.29, 0.717) is 6.42 Å². The summed E-state index contributed by atoms with van der Waals surface area (Å²) in [5.74, 6) is 0.509. The third kappa shape index (κ3) is 4.05. The molecule has 140 valence electrons. The van der Waals surface area contributed by atoms with E-state index in [0.717, 1.165) is 49.2 Å². The Labute approximate surface area is 160 Å². The number of anilines is 2. The lowest BCUT2D eigenvalue weighted by molar-refractivity contribution is -0.122. The fourth-order valence-electron chi connectivity index (χ4n) is 4.23. The summed E-state index contributed by atoms with van der Waals surface area (Å²) < 4.78 is 0. The van der Waals surface area contributed by atoms with Crippen molar-refractivity contribution < 1.29 is 9.59 Å². The molecule has 1 fully saturated rings. The van der Waals surface area contributed by atoms with E-state index in [1.165, 1.54) is 18.4 Å². The number of hydrogen-bond donors (Lipinski definition) is 1. The maximum atomic E-state index is 12.7. The van der Waals surface area contributed by atoms with Crippen LogP contribution in [0.4, 0.5) is 11.4 Å². The number of nitrogens with one attached hydrogen (secondary N) is 1. The normalized spacial score (nSPS) is 16.4. The minimum atomic E-state index is 0.0238. The Morgan fingerprint density at radius 1 is 1.04 bits per heavy atom. The number of carbonyl (C=O) groups is 2. The summed E-state index contributed by atoms with van der Waals surface area (Å²) in [6, 6.07) is 16.0. The van der Waals surface area contributed by atoms with Gasteiger partial charge in [0.25, 0.3) is 0 Å². The van der Waals surface area contributed by atoms with Gasteiger partial charge in [0.05, 0.1) is 0 Å². The molecule has 1 heterocycles. The van der Waals surface area contributed by atoms with Gasteiger partial charge in [-0.25, -0.2) is 0 Å². The van der Waals surface area contributed by atoms with Crippen LogP contribution in [0.25, 0.3) is 0 Å². The topological polar surface area (TPSA) is 49.4 Å². The Morgan fingerprint density at radius 3 is 2.59 bits per heavy atom. The average molecular weight is 362 g/mol. The molecule has 2 amide bonds. The van der Waals surface area contributed by atoms with Crippen molar-refractivity contribution in [3.8, 4) is 0 Å². The molecular weight excluding hydrogens is 336 g/mol. The highest BCUT2D eigenvalue weighted by molar-refractivity contribution is 5.98. The van der Waals surface area contributed by atoms with Gasteiger partial charge in [-0.1, -0.05) is 43.2 Å². The van der Waals surface area contributed by atoms with E-state index < -0.39 is 0 Å². The van der Waals surface area contributed by atoms with E-state index in [4.69, 9.17) is 0 Å². The van der Waals surface area contributed by atoms with Gasteiger partial charge in [0.1, 0.15) is 0 Å². The summed E-state index contributed by atoms with van der Waals surface area (Å²) in [6.07, 6.45) is 6.47. The number of carbonyl (C=O) groups excluding carboxylic acids is 2. The molecule has 0 bridgehead atoms. The Balaban J connectivity index is 1.37. The molecule has 2 aromatic carbocycles. The number of rotatable bonds is 5. The van der Waals surface area contributed by atoms with Crippen molar-refractivity contribution in [2.24, 2.45) is 5.92 Å². The van der Waals surface area contributed by atoms with Crippen LogP contribution in [0.5, 0.6) is 0 Å². The average Bonchev–Trinajstić information content (AvgIpc) is 3.36. The first kappa shape index (κ1) is 17.8. The van der Waals surface area contributed by atoms with Crippen LogP contribution in [0.1, 0.15) is 43.2 Å².